The highest BCUT2D eigenvalue weighted by Crippen LogP contribution is 2.08. The summed E-state index contributed by atoms with van der Waals surface area (Å²) in [7, 11) is 1.65. The van der Waals surface area contributed by atoms with Gasteiger partial charge in [0.1, 0.15) is 6.04 Å². The van der Waals surface area contributed by atoms with E-state index in [0.717, 1.165) is 12.2 Å². The number of hydrogen-bond donors (Lipinski definition) is 3. The number of carbonyl (C=O) groups excluding carboxylic acids is 1. The summed E-state index contributed by atoms with van der Waals surface area (Å²) in [5, 5.41) is 20.0. The van der Waals surface area contributed by atoms with Gasteiger partial charge in [-0.15, -0.1) is 0 Å². The van der Waals surface area contributed by atoms with Crippen LogP contribution < -0.4 is 5.32 Å². The Hall–Kier alpha value is -0.950. The molecule has 7 heteroatoms. The summed E-state index contributed by atoms with van der Waals surface area (Å²) >= 11 is 1.64. The molecule has 2 atom stereocenters. The lowest BCUT2D eigenvalue weighted by Gasteiger charge is -2.28. The summed E-state index contributed by atoms with van der Waals surface area (Å²) in [6, 6.07) is -1.39. The van der Waals surface area contributed by atoms with Gasteiger partial charge >= 0.3 is 12.0 Å². The van der Waals surface area contributed by atoms with E-state index >= 15 is 0 Å². The molecule has 0 saturated heterocycles. The third-order valence-electron chi connectivity index (χ3n) is 2.71. The zero-order chi connectivity index (χ0) is 14.1. The second kappa shape index (κ2) is 9.04. The zero-order valence-corrected chi connectivity index (χ0v) is 11.9. The highest BCUT2D eigenvalue weighted by Gasteiger charge is 2.24. The lowest BCUT2D eigenvalue weighted by Crippen LogP contribution is -2.50. The first-order valence-electron chi connectivity index (χ1n) is 5.83. The van der Waals surface area contributed by atoms with Gasteiger partial charge in [-0.1, -0.05) is 6.92 Å². The Morgan fingerprint density at radius 2 is 2.06 bits per heavy atom. The van der Waals surface area contributed by atoms with Gasteiger partial charge in [0, 0.05) is 31.9 Å². The van der Waals surface area contributed by atoms with Crippen LogP contribution in [0.3, 0.4) is 0 Å². The summed E-state index contributed by atoms with van der Waals surface area (Å²) in [4.78, 5) is 24.3. The van der Waals surface area contributed by atoms with E-state index in [1.807, 2.05) is 13.2 Å². The molecule has 6 nitrogen and oxygen atoms in total. The number of thioether (sulfide) groups is 1. The third-order valence-corrected chi connectivity index (χ3v) is 3.43. The van der Waals surface area contributed by atoms with E-state index in [0.29, 0.717) is 0 Å². The van der Waals surface area contributed by atoms with Gasteiger partial charge in [0.15, 0.2) is 0 Å². The van der Waals surface area contributed by atoms with Crippen LogP contribution in [0.5, 0.6) is 0 Å². The lowest BCUT2D eigenvalue weighted by molar-refractivity contribution is -0.139. The Morgan fingerprint density at radius 1 is 1.44 bits per heavy atom. The standard InChI is InChI=1S/C11H22N2O4S/c1-4-8(7-18-3)13(2)11(17)12-9(5-6-14)10(15)16/h8-9,14H,4-7H2,1-3H3,(H,12,17)(H,15,16)/t8?,9-/m1/s1. The number of aliphatic hydroxyl groups is 1. The van der Waals surface area contributed by atoms with Gasteiger partial charge in [0.25, 0.3) is 0 Å². The van der Waals surface area contributed by atoms with Gasteiger partial charge in [-0.2, -0.15) is 11.8 Å². The molecule has 3 N–H and O–H groups in total. The van der Waals surface area contributed by atoms with Crippen molar-refractivity contribution in [2.45, 2.75) is 31.8 Å². The van der Waals surface area contributed by atoms with Gasteiger partial charge in [-0.05, 0) is 12.7 Å². The van der Waals surface area contributed by atoms with Crippen molar-refractivity contribution in [3.63, 3.8) is 0 Å². The average molecular weight is 278 g/mol. The number of carboxylic acids is 1. The largest absolute Gasteiger partial charge is 0.480 e. The molecule has 0 radical (unpaired) electrons. The highest BCUT2D eigenvalue weighted by atomic mass is 32.2. The van der Waals surface area contributed by atoms with Crippen LogP contribution in [-0.4, -0.2) is 64.9 Å². The summed E-state index contributed by atoms with van der Waals surface area (Å²) in [5.74, 6) is -0.332. The molecular formula is C11H22N2O4S. The molecule has 0 rings (SSSR count). The van der Waals surface area contributed by atoms with Crippen LogP contribution in [-0.2, 0) is 4.79 Å². The van der Waals surface area contributed by atoms with Crippen molar-refractivity contribution < 1.29 is 19.8 Å². The minimum absolute atomic E-state index is 0.00817. The molecular weight excluding hydrogens is 256 g/mol. The van der Waals surface area contributed by atoms with E-state index in [-0.39, 0.29) is 19.1 Å². The van der Waals surface area contributed by atoms with E-state index in [2.05, 4.69) is 5.32 Å². The predicted octanol–water partition coefficient (Wildman–Crippen LogP) is 0.605. The number of aliphatic hydroxyl groups excluding tert-OH is 1. The van der Waals surface area contributed by atoms with Crippen LogP contribution in [0.2, 0.25) is 0 Å². The van der Waals surface area contributed by atoms with Crippen molar-refractivity contribution in [3.05, 3.63) is 0 Å². The van der Waals surface area contributed by atoms with E-state index in [1.54, 1.807) is 18.8 Å². The third kappa shape index (κ3) is 5.59. The maximum atomic E-state index is 11.9. The van der Waals surface area contributed by atoms with Gasteiger partial charge in [-0.3, -0.25) is 0 Å². The second-order valence-corrected chi connectivity index (χ2v) is 4.89. The maximum Gasteiger partial charge on any atom is 0.326 e. The van der Waals surface area contributed by atoms with Crippen molar-refractivity contribution in [1.29, 1.82) is 0 Å². The number of urea groups is 1. The minimum Gasteiger partial charge on any atom is -0.480 e. The van der Waals surface area contributed by atoms with Crippen LogP contribution in [0.25, 0.3) is 0 Å². The Balaban J connectivity index is 4.47. The fourth-order valence-electron chi connectivity index (χ4n) is 1.50. The van der Waals surface area contributed by atoms with Gasteiger partial charge in [0.2, 0.25) is 0 Å². The number of nitrogens with zero attached hydrogens (tertiary/aromatic N) is 1. The Kier molecular flexibility index (Phi) is 8.57. The first-order valence-corrected chi connectivity index (χ1v) is 7.23. The van der Waals surface area contributed by atoms with Crippen molar-refractivity contribution in [2.75, 3.05) is 25.7 Å². The number of aliphatic carboxylic acids is 1. The molecule has 18 heavy (non-hydrogen) atoms. The molecule has 0 aliphatic heterocycles. The number of carboxylic acid groups (broad SMARTS) is 1. The quantitative estimate of drug-likeness (QED) is 0.605. The smallest absolute Gasteiger partial charge is 0.326 e. The topological polar surface area (TPSA) is 89.9 Å². The van der Waals surface area contributed by atoms with Crippen molar-refractivity contribution in [1.82, 2.24) is 10.2 Å². The lowest BCUT2D eigenvalue weighted by atomic mass is 10.2. The molecule has 0 aliphatic carbocycles. The second-order valence-electron chi connectivity index (χ2n) is 3.98. The van der Waals surface area contributed by atoms with Gasteiger partial charge in [0.05, 0.1) is 0 Å². The van der Waals surface area contributed by atoms with Crippen LogP contribution in [0.1, 0.15) is 19.8 Å². The number of carbonyl (C=O) groups is 2. The number of rotatable bonds is 8. The van der Waals surface area contributed by atoms with Crippen LogP contribution in [0.15, 0.2) is 0 Å². The summed E-state index contributed by atoms with van der Waals surface area (Å²) in [5.41, 5.74) is 0. The average Bonchev–Trinajstić information content (AvgIpc) is 2.34. The summed E-state index contributed by atoms with van der Waals surface area (Å²) in [6.45, 7) is 1.70. The normalized spacial score (nSPS) is 13.8. The molecule has 0 aromatic rings. The first-order chi connectivity index (χ1) is 8.47. The predicted molar refractivity (Wildman–Crippen MR) is 71.9 cm³/mol. The summed E-state index contributed by atoms with van der Waals surface area (Å²) in [6.07, 6.45) is 2.77. The highest BCUT2D eigenvalue weighted by molar-refractivity contribution is 7.98. The van der Waals surface area contributed by atoms with Crippen LogP contribution in [0.4, 0.5) is 4.79 Å². The van der Waals surface area contributed by atoms with E-state index < -0.39 is 18.0 Å². The minimum atomic E-state index is -1.14. The molecule has 0 fully saturated rings. The Bertz CT molecular complexity index is 276. The fourth-order valence-corrected chi connectivity index (χ4v) is 2.34. The number of amides is 2. The molecule has 0 aromatic carbocycles. The Labute approximate surface area is 112 Å². The molecule has 2 amide bonds. The van der Waals surface area contributed by atoms with Crippen molar-refractivity contribution in [3.8, 4) is 0 Å². The molecule has 0 saturated carbocycles. The first kappa shape index (κ1) is 17.1. The fraction of sp³-hybridized carbons (Fsp3) is 0.818. The molecule has 1 unspecified atom stereocenters. The molecule has 106 valence electrons. The monoisotopic (exact) mass is 278 g/mol. The van der Waals surface area contributed by atoms with Crippen molar-refractivity contribution >= 4 is 23.8 Å². The van der Waals surface area contributed by atoms with E-state index in [9.17, 15) is 9.59 Å². The van der Waals surface area contributed by atoms with Gasteiger partial charge in [-0.25, -0.2) is 9.59 Å². The zero-order valence-electron chi connectivity index (χ0n) is 11.0. The SMILES string of the molecule is CCC(CSC)N(C)C(=O)N[C@H](CCO)C(=O)O. The number of nitrogens with one attached hydrogen (secondary N) is 1. The molecule has 0 bridgehead atoms. The molecule has 0 aromatic heterocycles. The van der Waals surface area contributed by atoms with Crippen molar-refractivity contribution in [2.24, 2.45) is 0 Å². The van der Waals surface area contributed by atoms with Gasteiger partial charge < -0.3 is 20.4 Å². The number of hydrogen-bond acceptors (Lipinski definition) is 4. The maximum absolute atomic E-state index is 11.9. The van der Waals surface area contributed by atoms with Crippen LogP contribution in [0, 0.1) is 0 Å². The molecule has 0 spiro atoms. The summed E-state index contributed by atoms with van der Waals surface area (Å²) < 4.78 is 0. The van der Waals surface area contributed by atoms with E-state index in [1.165, 1.54) is 4.90 Å². The van der Waals surface area contributed by atoms with Crippen LogP contribution >= 0.6 is 11.8 Å². The molecule has 0 heterocycles. The van der Waals surface area contributed by atoms with E-state index in [4.69, 9.17) is 10.2 Å². The Morgan fingerprint density at radius 3 is 2.44 bits per heavy atom. The molecule has 0 aliphatic rings.